The maximum Gasteiger partial charge on any atom is 0.134 e. The molecule has 1 aromatic rings. The molecule has 1 N–H and O–H groups in total. The molecule has 1 aromatic carbocycles. The molecule has 0 saturated heterocycles. The Labute approximate surface area is 90.3 Å². The van der Waals surface area contributed by atoms with Crippen LogP contribution in [0.1, 0.15) is 11.1 Å². The average Bonchev–Trinajstić information content (AvgIpc) is 2.09. The van der Waals surface area contributed by atoms with Gasteiger partial charge in [-0.05, 0) is 6.92 Å². The summed E-state index contributed by atoms with van der Waals surface area (Å²) in [6.07, 6.45) is 0. The van der Waals surface area contributed by atoms with E-state index in [-0.39, 0.29) is 0 Å². The Hall–Kier alpha value is -0.540. The van der Waals surface area contributed by atoms with E-state index < -0.39 is 4.29 Å². The molecule has 0 aliphatic heterocycles. The number of hydrogen-bond donors (Lipinski definition) is 1. The van der Waals surface area contributed by atoms with Gasteiger partial charge in [0.25, 0.3) is 0 Å². The number of halogens is 2. The molecule has 0 fully saturated rings. The van der Waals surface area contributed by atoms with E-state index in [1.54, 1.807) is 0 Å². The summed E-state index contributed by atoms with van der Waals surface area (Å²) in [4.78, 5) is 0. The third-order valence-electron chi connectivity index (χ3n) is 1.66. The minimum Gasteiger partial charge on any atom is -0.411 e. The van der Waals surface area contributed by atoms with E-state index in [0.717, 1.165) is 11.1 Å². The molecule has 0 spiro atoms. The van der Waals surface area contributed by atoms with E-state index >= 15 is 0 Å². The summed E-state index contributed by atoms with van der Waals surface area (Å²) in [5, 5.41) is 11.8. The normalized spacial score (nSPS) is 14.2. The van der Waals surface area contributed by atoms with E-state index in [1.165, 1.54) is 0 Å². The van der Waals surface area contributed by atoms with Gasteiger partial charge in [0.1, 0.15) is 10.00 Å². The molecule has 0 aromatic heterocycles. The van der Waals surface area contributed by atoms with Crippen molar-refractivity contribution in [3.8, 4) is 0 Å². The van der Waals surface area contributed by atoms with E-state index in [2.05, 4.69) is 21.1 Å². The lowest BCUT2D eigenvalue weighted by atomic mass is 10.1. The fourth-order valence-corrected chi connectivity index (χ4v) is 1.48. The van der Waals surface area contributed by atoms with Crippen molar-refractivity contribution in [2.75, 3.05) is 0 Å². The second kappa shape index (κ2) is 4.63. The van der Waals surface area contributed by atoms with Crippen LogP contribution in [-0.2, 0) is 0 Å². The molecule has 1 unspecified atom stereocenters. The number of alkyl halides is 2. The van der Waals surface area contributed by atoms with E-state index in [4.69, 9.17) is 16.8 Å². The maximum atomic E-state index is 8.69. The molecular formula is C9H9BrClNO. The minimum atomic E-state index is -0.472. The lowest BCUT2D eigenvalue weighted by molar-refractivity contribution is 0.319. The van der Waals surface area contributed by atoms with Gasteiger partial charge in [-0.2, -0.15) is 0 Å². The molecule has 70 valence electrons. The molecule has 4 heteroatoms. The van der Waals surface area contributed by atoms with E-state index in [0.29, 0.717) is 5.71 Å². The van der Waals surface area contributed by atoms with Gasteiger partial charge >= 0.3 is 0 Å². The van der Waals surface area contributed by atoms with Crippen molar-refractivity contribution in [2.24, 2.45) is 5.16 Å². The molecule has 0 heterocycles. The zero-order chi connectivity index (χ0) is 9.84. The minimum absolute atomic E-state index is 0.418. The average molecular weight is 263 g/mol. The summed E-state index contributed by atoms with van der Waals surface area (Å²) in [7, 11) is 0. The van der Waals surface area contributed by atoms with Crippen LogP contribution in [0.15, 0.2) is 29.4 Å². The Bertz CT molecular complexity index is 308. The molecule has 0 bridgehead atoms. The summed E-state index contributed by atoms with van der Waals surface area (Å²) in [6.45, 7) is 1.99. The fraction of sp³-hybridized carbons (Fsp3) is 0.222. The van der Waals surface area contributed by atoms with Gasteiger partial charge in [0.05, 0.1) is 0 Å². The van der Waals surface area contributed by atoms with Gasteiger partial charge in [0, 0.05) is 5.56 Å². The molecule has 0 aliphatic carbocycles. The molecule has 0 saturated carbocycles. The molecule has 1 rings (SSSR count). The number of hydrogen-bond acceptors (Lipinski definition) is 2. The van der Waals surface area contributed by atoms with Gasteiger partial charge in [-0.25, -0.2) is 0 Å². The second-order valence-corrected chi connectivity index (χ2v) is 4.53. The molecule has 2 nitrogen and oxygen atoms in total. The van der Waals surface area contributed by atoms with Gasteiger partial charge in [0.2, 0.25) is 0 Å². The standard InChI is InChI=1S/C9H9BrClNO/c1-6-2-4-7(5-3-6)8(12-13)9(10)11/h2-5,9,13H,1H3. The van der Waals surface area contributed by atoms with Crippen LogP contribution >= 0.6 is 27.5 Å². The number of aryl methyl sites for hydroxylation is 1. The van der Waals surface area contributed by atoms with Crippen LogP contribution in [0, 0.1) is 6.92 Å². The monoisotopic (exact) mass is 261 g/mol. The predicted octanol–water partition coefficient (Wildman–Crippen LogP) is 3.13. The van der Waals surface area contributed by atoms with Gasteiger partial charge in [-0.1, -0.05) is 50.9 Å². The number of oxime groups is 1. The molecule has 0 radical (unpaired) electrons. The summed E-state index contributed by atoms with van der Waals surface area (Å²) in [6, 6.07) is 7.60. The number of rotatable bonds is 2. The van der Waals surface area contributed by atoms with Crippen LogP contribution in [0.25, 0.3) is 0 Å². The van der Waals surface area contributed by atoms with Crippen molar-refractivity contribution in [1.29, 1.82) is 0 Å². The van der Waals surface area contributed by atoms with Gasteiger partial charge in [-0.15, -0.1) is 11.6 Å². The highest BCUT2D eigenvalue weighted by molar-refractivity contribution is 9.10. The van der Waals surface area contributed by atoms with Crippen molar-refractivity contribution in [2.45, 2.75) is 11.2 Å². The first-order valence-electron chi connectivity index (χ1n) is 3.72. The fourth-order valence-electron chi connectivity index (χ4n) is 0.952. The number of benzene rings is 1. The van der Waals surface area contributed by atoms with Crippen molar-refractivity contribution >= 4 is 33.2 Å². The van der Waals surface area contributed by atoms with Gasteiger partial charge in [-0.3, -0.25) is 0 Å². The highest BCUT2D eigenvalue weighted by Gasteiger charge is 2.11. The lowest BCUT2D eigenvalue weighted by Gasteiger charge is -2.04. The maximum absolute atomic E-state index is 8.69. The van der Waals surface area contributed by atoms with Crippen LogP contribution in [0.3, 0.4) is 0 Å². The first-order chi connectivity index (χ1) is 6.15. The number of nitrogens with zero attached hydrogens (tertiary/aromatic N) is 1. The van der Waals surface area contributed by atoms with Crippen LogP contribution in [0.2, 0.25) is 0 Å². The van der Waals surface area contributed by atoms with Gasteiger partial charge < -0.3 is 5.21 Å². The van der Waals surface area contributed by atoms with Gasteiger partial charge in [0.15, 0.2) is 0 Å². The first-order valence-corrected chi connectivity index (χ1v) is 5.07. The third-order valence-corrected chi connectivity index (χ3v) is 2.30. The summed E-state index contributed by atoms with van der Waals surface area (Å²) < 4.78 is -0.472. The summed E-state index contributed by atoms with van der Waals surface area (Å²) >= 11 is 8.87. The zero-order valence-corrected chi connectivity index (χ0v) is 9.38. The van der Waals surface area contributed by atoms with E-state index in [1.807, 2.05) is 31.2 Å². The third kappa shape index (κ3) is 2.71. The Morgan fingerprint density at radius 1 is 1.46 bits per heavy atom. The quantitative estimate of drug-likeness (QED) is 0.378. The van der Waals surface area contributed by atoms with Crippen molar-refractivity contribution < 1.29 is 5.21 Å². The Balaban J connectivity index is 3.00. The largest absolute Gasteiger partial charge is 0.411 e. The van der Waals surface area contributed by atoms with Crippen LogP contribution in [-0.4, -0.2) is 15.2 Å². The Morgan fingerprint density at radius 2 is 2.00 bits per heavy atom. The SMILES string of the molecule is Cc1ccc(C(=NO)C(Cl)Br)cc1. The zero-order valence-electron chi connectivity index (χ0n) is 7.04. The van der Waals surface area contributed by atoms with Crippen LogP contribution in [0.5, 0.6) is 0 Å². The highest BCUT2D eigenvalue weighted by Crippen LogP contribution is 2.15. The smallest absolute Gasteiger partial charge is 0.134 e. The van der Waals surface area contributed by atoms with Crippen LogP contribution < -0.4 is 0 Å². The predicted molar refractivity (Wildman–Crippen MR) is 58.1 cm³/mol. The first kappa shape index (κ1) is 10.5. The van der Waals surface area contributed by atoms with Crippen molar-refractivity contribution in [1.82, 2.24) is 0 Å². The highest BCUT2D eigenvalue weighted by atomic mass is 79.9. The topological polar surface area (TPSA) is 32.6 Å². The molecule has 1 atom stereocenters. The summed E-state index contributed by atoms with van der Waals surface area (Å²) in [5.74, 6) is 0. The molecular weight excluding hydrogens is 253 g/mol. The lowest BCUT2D eigenvalue weighted by Crippen LogP contribution is -2.09. The van der Waals surface area contributed by atoms with Crippen LogP contribution in [0.4, 0.5) is 0 Å². The molecule has 13 heavy (non-hydrogen) atoms. The van der Waals surface area contributed by atoms with Crippen molar-refractivity contribution in [3.05, 3.63) is 35.4 Å². The Morgan fingerprint density at radius 3 is 2.38 bits per heavy atom. The second-order valence-electron chi connectivity index (χ2n) is 2.65. The summed E-state index contributed by atoms with van der Waals surface area (Å²) in [5.41, 5.74) is 2.38. The van der Waals surface area contributed by atoms with Crippen molar-refractivity contribution in [3.63, 3.8) is 0 Å². The molecule has 0 amide bonds. The molecule has 0 aliphatic rings. The Kier molecular flexibility index (Phi) is 3.75. The van der Waals surface area contributed by atoms with E-state index in [9.17, 15) is 0 Å².